The van der Waals surface area contributed by atoms with Gasteiger partial charge in [-0.25, -0.2) is 5.01 Å². The van der Waals surface area contributed by atoms with Crippen LogP contribution < -0.4 is 40.7 Å². The molecule has 1 rings (SSSR count). The van der Waals surface area contributed by atoms with Gasteiger partial charge in [0.05, 0.1) is 0 Å². The minimum absolute atomic E-state index is 0. The second-order valence-electron chi connectivity index (χ2n) is 2.80. The van der Waals surface area contributed by atoms with Gasteiger partial charge in [-0.2, -0.15) is 0 Å². The van der Waals surface area contributed by atoms with Crippen LogP contribution in [0.25, 0.3) is 0 Å². The third-order valence-corrected chi connectivity index (χ3v) is 1.71. The standard InChI is InChI=1S/C6H12N2OS.CH3NOS.Na.H/c9-6(10)7-8-4-2-1-3-5-8;2-1(3)4;;/h1-5H2,(H2,7,9,10);(H3,2,3,4);;/q;;+1;-1. The van der Waals surface area contributed by atoms with Crippen LogP contribution in [-0.4, -0.2) is 28.6 Å². The molecule has 0 aliphatic carbocycles. The van der Waals surface area contributed by atoms with Gasteiger partial charge in [0.2, 0.25) is 0 Å². The molecule has 15 heavy (non-hydrogen) atoms. The molecule has 2 amide bonds. The average molecular weight is 261 g/mol. The molecule has 1 fully saturated rings. The number of nitrogens with zero attached hydrogens (tertiary/aromatic N) is 1. The molecule has 1 aliphatic rings. The summed E-state index contributed by atoms with van der Waals surface area (Å²) < 4.78 is 0. The fourth-order valence-electron chi connectivity index (χ4n) is 1.14. The smallest absolute Gasteiger partial charge is 1.00 e. The molecule has 1 saturated heterocycles. The molecule has 0 aromatic heterocycles. The van der Waals surface area contributed by atoms with Crippen LogP contribution in [-0.2, 0) is 0 Å². The molecule has 0 aromatic carbocycles. The van der Waals surface area contributed by atoms with E-state index >= 15 is 0 Å². The number of amides is 2. The predicted molar refractivity (Wildman–Crippen MR) is 62.6 cm³/mol. The monoisotopic (exact) mass is 261 g/mol. The summed E-state index contributed by atoms with van der Waals surface area (Å²) in [6.07, 6.45) is 3.63. The van der Waals surface area contributed by atoms with Crippen molar-refractivity contribution >= 4 is 35.7 Å². The van der Waals surface area contributed by atoms with Gasteiger partial charge in [-0.15, -0.1) is 0 Å². The number of piperidine rings is 1. The van der Waals surface area contributed by atoms with Crippen LogP contribution >= 0.6 is 25.3 Å². The summed E-state index contributed by atoms with van der Waals surface area (Å²) in [5.41, 5.74) is 6.98. The van der Waals surface area contributed by atoms with Crippen molar-refractivity contribution in [3.63, 3.8) is 0 Å². The Balaban J connectivity index is -0.000000249. The second kappa shape index (κ2) is 11.1. The van der Waals surface area contributed by atoms with Gasteiger partial charge in [0, 0.05) is 13.1 Å². The van der Waals surface area contributed by atoms with Crippen molar-refractivity contribution in [2.45, 2.75) is 19.3 Å². The molecule has 0 radical (unpaired) electrons. The summed E-state index contributed by atoms with van der Waals surface area (Å²) >= 11 is 6.72. The molecule has 3 N–H and O–H groups in total. The molecule has 0 unspecified atom stereocenters. The minimum Gasteiger partial charge on any atom is -1.00 e. The van der Waals surface area contributed by atoms with E-state index < -0.39 is 5.24 Å². The zero-order valence-electron chi connectivity index (χ0n) is 9.77. The van der Waals surface area contributed by atoms with E-state index in [0.717, 1.165) is 13.1 Å². The number of hydrogen-bond acceptors (Lipinski definition) is 3. The summed E-state index contributed by atoms with van der Waals surface area (Å²) in [5, 5.41) is 1.01. The Kier molecular flexibility index (Phi) is 13.3. The summed E-state index contributed by atoms with van der Waals surface area (Å²) in [4.78, 5) is 19.5. The minimum atomic E-state index is -0.639. The number of nitrogens with two attached hydrogens (primary N) is 1. The molecule has 0 saturated carbocycles. The third kappa shape index (κ3) is 14.6. The van der Waals surface area contributed by atoms with E-state index in [1.807, 2.05) is 5.01 Å². The number of nitrogens with one attached hydrogen (secondary N) is 1. The molecule has 0 bridgehead atoms. The summed E-state index contributed by atoms with van der Waals surface area (Å²) in [6, 6.07) is 0. The molecule has 0 atom stereocenters. The maximum Gasteiger partial charge on any atom is 1.00 e. The summed E-state index contributed by atoms with van der Waals surface area (Å²) in [5.74, 6) is 0. The van der Waals surface area contributed by atoms with Crippen LogP contribution in [0.5, 0.6) is 0 Å². The molecule has 84 valence electrons. The van der Waals surface area contributed by atoms with E-state index in [0.29, 0.717) is 0 Å². The molecule has 5 nitrogen and oxygen atoms in total. The Morgan fingerprint density at radius 3 is 1.93 bits per heavy atom. The molecule has 1 heterocycles. The molecule has 0 spiro atoms. The van der Waals surface area contributed by atoms with Crippen molar-refractivity contribution in [2.75, 3.05) is 13.1 Å². The number of primary amides is 1. The van der Waals surface area contributed by atoms with E-state index in [4.69, 9.17) is 4.79 Å². The third-order valence-electron chi connectivity index (χ3n) is 1.61. The maximum absolute atomic E-state index is 10.4. The number of thiol groups is 2. The Bertz CT molecular complexity index is 202. The molecule has 8 heteroatoms. The van der Waals surface area contributed by atoms with E-state index in [2.05, 4.69) is 36.4 Å². The molecule has 1 aliphatic heterocycles. The number of rotatable bonds is 1. The quantitative estimate of drug-likeness (QED) is 0.330. The van der Waals surface area contributed by atoms with Gasteiger partial charge in [-0.05, 0) is 12.8 Å². The van der Waals surface area contributed by atoms with Crippen molar-refractivity contribution in [1.82, 2.24) is 10.4 Å². The van der Waals surface area contributed by atoms with Crippen LogP contribution in [0.4, 0.5) is 9.59 Å². The first-order valence-corrected chi connectivity index (χ1v) is 5.14. The van der Waals surface area contributed by atoms with Crippen molar-refractivity contribution < 1.29 is 40.6 Å². The van der Waals surface area contributed by atoms with Gasteiger partial charge < -0.3 is 7.16 Å². The first-order valence-electron chi connectivity index (χ1n) is 4.25. The van der Waals surface area contributed by atoms with Gasteiger partial charge in [0.15, 0.2) is 0 Å². The van der Waals surface area contributed by atoms with E-state index in [9.17, 15) is 4.79 Å². The number of hydrogen-bond donors (Lipinski definition) is 4. The van der Waals surface area contributed by atoms with Crippen LogP contribution in [0.1, 0.15) is 20.7 Å². The molecular weight excluding hydrogens is 245 g/mol. The Hall–Kier alpha value is 0.600. The van der Waals surface area contributed by atoms with Crippen molar-refractivity contribution in [3.05, 3.63) is 0 Å². The topological polar surface area (TPSA) is 75.4 Å². The van der Waals surface area contributed by atoms with Gasteiger partial charge in [-0.1, -0.05) is 31.7 Å². The largest absolute Gasteiger partial charge is 1.00 e. The summed E-state index contributed by atoms with van der Waals surface area (Å²) in [6.45, 7) is 1.93. The fourth-order valence-corrected chi connectivity index (χ4v) is 1.28. The Labute approximate surface area is 124 Å². The normalized spacial score (nSPS) is 15.3. The van der Waals surface area contributed by atoms with Crippen LogP contribution in [0.2, 0.25) is 0 Å². The summed E-state index contributed by atoms with van der Waals surface area (Å²) in [7, 11) is 0. The van der Waals surface area contributed by atoms with Gasteiger partial charge >= 0.3 is 29.6 Å². The number of carbonyl (C=O) groups is 2. The van der Waals surface area contributed by atoms with E-state index in [1.54, 1.807) is 0 Å². The van der Waals surface area contributed by atoms with Crippen molar-refractivity contribution in [2.24, 2.45) is 5.73 Å². The number of hydrazine groups is 1. The van der Waals surface area contributed by atoms with Crippen LogP contribution in [0.3, 0.4) is 0 Å². The van der Waals surface area contributed by atoms with E-state index in [-0.39, 0.29) is 36.2 Å². The number of carbonyl (C=O) groups excluding carboxylic acids is 2. The van der Waals surface area contributed by atoms with Gasteiger partial charge in [-0.3, -0.25) is 15.0 Å². The maximum atomic E-state index is 10.4. The van der Waals surface area contributed by atoms with Crippen molar-refractivity contribution in [3.8, 4) is 0 Å². The predicted octanol–water partition coefficient (Wildman–Crippen LogP) is -1.86. The molecule has 0 aromatic rings. The average Bonchev–Trinajstić information content (AvgIpc) is 2.03. The van der Waals surface area contributed by atoms with E-state index in [1.165, 1.54) is 19.3 Å². The van der Waals surface area contributed by atoms with Crippen molar-refractivity contribution in [1.29, 1.82) is 0 Å². The fraction of sp³-hybridized carbons (Fsp3) is 0.714. The first-order chi connectivity index (χ1) is 6.52. The SMILES string of the molecule is NC(=O)S.O=C(S)NN1CCCCC1.[H-].[Na+]. The van der Waals surface area contributed by atoms with Gasteiger partial charge in [0.25, 0.3) is 10.5 Å². The van der Waals surface area contributed by atoms with Crippen LogP contribution in [0.15, 0.2) is 0 Å². The van der Waals surface area contributed by atoms with Crippen LogP contribution in [0, 0.1) is 0 Å². The first kappa shape index (κ1) is 18.0. The zero-order chi connectivity index (χ0) is 11.0. The molecular formula is C7H16N3NaO2S2. The van der Waals surface area contributed by atoms with Gasteiger partial charge in [0.1, 0.15) is 0 Å². The Morgan fingerprint density at radius 1 is 1.20 bits per heavy atom. The zero-order valence-corrected chi connectivity index (χ0v) is 12.6. The Morgan fingerprint density at radius 2 is 1.60 bits per heavy atom. The second-order valence-corrected chi connectivity index (χ2v) is 3.65.